The summed E-state index contributed by atoms with van der Waals surface area (Å²) < 4.78 is 31.7. The fourth-order valence-corrected chi connectivity index (χ4v) is 8.03. The third kappa shape index (κ3) is 4.99. The van der Waals surface area contributed by atoms with Crippen LogP contribution in [0.5, 0.6) is 0 Å². The van der Waals surface area contributed by atoms with E-state index in [1.54, 1.807) is 23.2 Å². The SMILES string of the molecule is CCOC(=O)N1CCc2c(sc(NC(=O)C3CCCN(S(C)(=O)=O)C3)c2-c2nc3ccccc3s2)C1. The summed E-state index contributed by atoms with van der Waals surface area (Å²) in [4.78, 5) is 33.2. The first kappa shape index (κ1) is 25.1. The molecule has 5 rings (SSSR count). The normalized spacial score (nSPS) is 18.7. The van der Waals surface area contributed by atoms with Gasteiger partial charge < -0.3 is 15.0 Å². The van der Waals surface area contributed by atoms with E-state index in [9.17, 15) is 18.0 Å². The maximum absolute atomic E-state index is 13.3. The minimum atomic E-state index is -3.35. The van der Waals surface area contributed by atoms with Gasteiger partial charge in [0.05, 0.1) is 35.5 Å². The summed E-state index contributed by atoms with van der Waals surface area (Å²) in [6.07, 6.45) is 2.76. The molecule has 9 nitrogen and oxygen atoms in total. The van der Waals surface area contributed by atoms with Gasteiger partial charge in [-0.2, -0.15) is 0 Å². The molecule has 2 aliphatic heterocycles. The molecular formula is C24H28N4O5S3. The van der Waals surface area contributed by atoms with Crippen molar-refractivity contribution in [3.05, 3.63) is 34.7 Å². The molecule has 1 unspecified atom stereocenters. The number of nitrogens with zero attached hydrogens (tertiary/aromatic N) is 3. The average molecular weight is 549 g/mol. The van der Waals surface area contributed by atoms with E-state index in [0.717, 1.165) is 31.2 Å². The van der Waals surface area contributed by atoms with Crippen LogP contribution in [-0.2, 0) is 32.5 Å². The quantitative estimate of drug-likeness (QED) is 0.513. The van der Waals surface area contributed by atoms with Crippen molar-refractivity contribution < 1.29 is 22.7 Å². The number of nitrogens with one attached hydrogen (secondary N) is 1. The molecule has 192 valence electrons. The summed E-state index contributed by atoms with van der Waals surface area (Å²) in [6.45, 7) is 3.67. The van der Waals surface area contributed by atoms with Crippen LogP contribution in [0.15, 0.2) is 24.3 Å². The molecule has 1 aromatic carbocycles. The van der Waals surface area contributed by atoms with Gasteiger partial charge >= 0.3 is 6.09 Å². The van der Waals surface area contributed by atoms with E-state index < -0.39 is 15.9 Å². The predicted octanol–water partition coefficient (Wildman–Crippen LogP) is 4.15. The number of thiophene rings is 1. The third-order valence-corrected chi connectivity index (χ3v) is 10.0. The highest BCUT2D eigenvalue weighted by Crippen LogP contribution is 2.46. The summed E-state index contributed by atoms with van der Waals surface area (Å²) in [5, 5.41) is 4.64. The van der Waals surface area contributed by atoms with E-state index in [-0.39, 0.29) is 18.5 Å². The lowest BCUT2D eigenvalue weighted by molar-refractivity contribution is -0.120. The first-order chi connectivity index (χ1) is 17.2. The van der Waals surface area contributed by atoms with Crippen molar-refractivity contribution in [2.45, 2.75) is 32.7 Å². The summed E-state index contributed by atoms with van der Waals surface area (Å²) >= 11 is 3.03. The number of aromatic nitrogens is 1. The number of hydrogen-bond donors (Lipinski definition) is 1. The molecule has 1 saturated heterocycles. The number of rotatable bonds is 5. The summed E-state index contributed by atoms with van der Waals surface area (Å²) in [6, 6.07) is 7.92. The van der Waals surface area contributed by atoms with E-state index >= 15 is 0 Å². The van der Waals surface area contributed by atoms with Gasteiger partial charge in [0.1, 0.15) is 10.0 Å². The van der Waals surface area contributed by atoms with Crippen molar-refractivity contribution in [1.29, 1.82) is 0 Å². The molecule has 12 heteroatoms. The Balaban J connectivity index is 1.48. The van der Waals surface area contributed by atoms with E-state index in [1.165, 1.54) is 21.9 Å². The molecular weight excluding hydrogens is 520 g/mol. The van der Waals surface area contributed by atoms with Crippen LogP contribution >= 0.6 is 22.7 Å². The molecule has 2 amide bonds. The molecule has 0 saturated carbocycles. The number of ether oxygens (including phenoxy) is 1. The predicted molar refractivity (Wildman–Crippen MR) is 142 cm³/mol. The number of fused-ring (bicyclic) bond motifs is 2. The Morgan fingerprint density at radius 2 is 2.03 bits per heavy atom. The molecule has 2 aromatic heterocycles. The Labute approximate surface area is 218 Å². The maximum Gasteiger partial charge on any atom is 0.410 e. The summed E-state index contributed by atoms with van der Waals surface area (Å²) in [5.41, 5.74) is 2.90. The fourth-order valence-electron chi connectivity index (χ4n) is 4.74. The number of hydrogen-bond acceptors (Lipinski definition) is 8. The lowest BCUT2D eigenvalue weighted by Crippen LogP contribution is -2.43. The Morgan fingerprint density at radius 3 is 2.78 bits per heavy atom. The molecule has 36 heavy (non-hydrogen) atoms. The van der Waals surface area contributed by atoms with Gasteiger partial charge in [0.25, 0.3) is 0 Å². The van der Waals surface area contributed by atoms with Crippen LogP contribution in [0.2, 0.25) is 0 Å². The van der Waals surface area contributed by atoms with Crippen molar-refractivity contribution in [2.75, 3.05) is 37.8 Å². The van der Waals surface area contributed by atoms with Crippen molar-refractivity contribution in [2.24, 2.45) is 5.92 Å². The van der Waals surface area contributed by atoms with Gasteiger partial charge in [0.2, 0.25) is 15.9 Å². The highest BCUT2D eigenvalue weighted by molar-refractivity contribution is 7.88. The van der Waals surface area contributed by atoms with E-state index in [0.29, 0.717) is 50.5 Å². The number of carbonyl (C=O) groups excluding carboxylic acids is 2. The number of thiazole rings is 1. The van der Waals surface area contributed by atoms with Crippen LogP contribution in [0, 0.1) is 5.92 Å². The molecule has 0 spiro atoms. The van der Waals surface area contributed by atoms with Gasteiger partial charge in [-0.3, -0.25) is 4.79 Å². The second-order valence-electron chi connectivity index (χ2n) is 9.01. The number of piperidine rings is 1. The molecule has 1 fully saturated rings. The highest BCUT2D eigenvalue weighted by atomic mass is 32.2. The topological polar surface area (TPSA) is 109 Å². The zero-order chi connectivity index (χ0) is 25.4. The first-order valence-corrected chi connectivity index (χ1v) is 15.4. The largest absolute Gasteiger partial charge is 0.450 e. The van der Waals surface area contributed by atoms with Crippen molar-refractivity contribution >= 4 is 59.9 Å². The number of carbonyl (C=O) groups is 2. The molecule has 1 N–H and O–H groups in total. The van der Waals surface area contributed by atoms with Crippen molar-refractivity contribution in [3.8, 4) is 10.6 Å². The smallest absolute Gasteiger partial charge is 0.410 e. The molecule has 0 radical (unpaired) electrons. The van der Waals surface area contributed by atoms with Gasteiger partial charge in [0.15, 0.2) is 0 Å². The number of benzene rings is 1. The molecule has 4 heterocycles. The number of sulfonamides is 1. The van der Waals surface area contributed by atoms with Crippen molar-refractivity contribution in [3.63, 3.8) is 0 Å². The van der Waals surface area contributed by atoms with Gasteiger partial charge in [-0.1, -0.05) is 12.1 Å². The Bertz CT molecular complexity index is 1380. The second kappa shape index (κ2) is 10.1. The van der Waals surface area contributed by atoms with Crippen LogP contribution < -0.4 is 5.32 Å². The van der Waals surface area contributed by atoms with Gasteiger partial charge in [-0.05, 0) is 43.9 Å². The van der Waals surface area contributed by atoms with E-state index in [2.05, 4.69) is 5.32 Å². The minimum Gasteiger partial charge on any atom is -0.450 e. The number of anilines is 1. The van der Waals surface area contributed by atoms with E-state index in [1.807, 2.05) is 24.3 Å². The summed E-state index contributed by atoms with van der Waals surface area (Å²) in [5.74, 6) is -0.613. The van der Waals surface area contributed by atoms with Gasteiger partial charge in [-0.15, -0.1) is 22.7 Å². The average Bonchev–Trinajstić information content (AvgIpc) is 3.43. The van der Waals surface area contributed by atoms with Gasteiger partial charge in [-0.25, -0.2) is 22.5 Å². The third-order valence-electron chi connectivity index (χ3n) is 6.55. The molecule has 0 aliphatic carbocycles. The standard InChI is InChI=1S/C24H28N4O5S3/c1-3-33-24(30)27-12-10-16-19(14-27)35-23(20(16)22-25-17-8-4-5-9-18(17)34-22)26-21(29)15-7-6-11-28(13-15)36(2,31)32/h4-5,8-9,15H,3,6-7,10-14H2,1-2H3,(H,26,29). The Hall–Kier alpha value is -2.54. The zero-order valence-corrected chi connectivity index (χ0v) is 22.6. The molecule has 0 bridgehead atoms. The second-order valence-corrected chi connectivity index (χ2v) is 13.1. The molecule has 2 aliphatic rings. The lowest BCUT2D eigenvalue weighted by Gasteiger charge is -2.30. The highest BCUT2D eigenvalue weighted by Gasteiger charge is 2.33. The van der Waals surface area contributed by atoms with E-state index in [4.69, 9.17) is 9.72 Å². The molecule has 1 atom stereocenters. The fraction of sp³-hybridized carbons (Fsp3) is 0.458. The van der Waals surface area contributed by atoms with Crippen LogP contribution in [0.25, 0.3) is 20.8 Å². The monoisotopic (exact) mass is 548 g/mol. The lowest BCUT2D eigenvalue weighted by atomic mass is 9.98. The Morgan fingerprint density at radius 1 is 1.22 bits per heavy atom. The molecule has 3 aromatic rings. The summed E-state index contributed by atoms with van der Waals surface area (Å²) in [7, 11) is -3.35. The van der Waals surface area contributed by atoms with Crippen LogP contribution in [0.1, 0.15) is 30.2 Å². The van der Waals surface area contributed by atoms with Crippen LogP contribution in [-0.4, -0.2) is 67.1 Å². The first-order valence-electron chi connectivity index (χ1n) is 11.9. The van der Waals surface area contributed by atoms with Crippen LogP contribution in [0.3, 0.4) is 0 Å². The Kier molecular flexibility index (Phi) is 7.03. The van der Waals surface area contributed by atoms with Gasteiger partial charge in [0, 0.05) is 30.1 Å². The van der Waals surface area contributed by atoms with Crippen LogP contribution in [0.4, 0.5) is 9.80 Å². The minimum absolute atomic E-state index is 0.183. The maximum atomic E-state index is 13.3. The number of amides is 2. The zero-order valence-electron chi connectivity index (χ0n) is 20.2. The number of para-hydroxylation sites is 1. The van der Waals surface area contributed by atoms with Crippen molar-refractivity contribution in [1.82, 2.24) is 14.2 Å².